The zero-order chi connectivity index (χ0) is 15.7. The Morgan fingerprint density at radius 2 is 1.91 bits per heavy atom. The molecule has 0 unspecified atom stereocenters. The van der Waals surface area contributed by atoms with Crippen LogP contribution in [-0.4, -0.2) is 25.9 Å². The number of aromatic nitrogens is 3. The average molecular weight is 315 g/mol. The molecule has 0 aliphatic heterocycles. The number of hydrogen-bond donors (Lipinski definition) is 2. The van der Waals surface area contributed by atoms with Crippen LogP contribution in [0.4, 0.5) is 4.79 Å². The maximum Gasteiger partial charge on any atom is 0.339 e. The lowest BCUT2D eigenvalue weighted by Gasteiger charge is -2.04. The Morgan fingerprint density at radius 1 is 1.18 bits per heavy atom. The topological polar surface area (TPSA) is 94.0 Å². The predicted molar refractivity (Wildman–Crippen MR) is 82.6 cm³/mol. The van der Waals surface area contributed by atoms with Crippen LogP contribution in [0.2, 0.25) is 5.02 Å². The zero-order valence-corrected chi connectivity index (χ0v) is 12.0. The van der Waals surface area contributed by atoms with E-state index in [9.17, 15) is 9.90 Å². The number of nitrogens with zero attached hydrogens (tertiary/aromatic N) is 3. The van der Waals surface area contributed by atoms with Gasteiger partial charge in [0.2, 0.25) is 0 Å². The molecule has 22 heavy (non-hydrogen) atoms. The molecule has 3 rings (SSSR count). The minimum absolute atomic E-state index is 0.0109. The van der Waals surface area contributed by atoms with Crippen molar-refractivity contribution in [1.29, 1.82) is 0 Å². The number of aromatic hydroxyl groups is 1. The van der Waals surface area contributed by atoms with Crippen LogP contribution >= 0.6 is 11.6 Å². The SMILES string of the molecule is NC(=O)n1cc(-c2ccncc2)c(-c2cc(O)cc(Cl)c2)n1. The third-order valence-corrected chi connectivity index (χ3v) is 3.31. The molecule has 0 spiro atoms. The molecule has 7 heteroatoms. The summed E-state index contributed by atoms with van der Waals surface area (Å²) in [5, 5.41) is 14.3. The third-order valence-electron chi connectivity index (χ3n) is 3.09. The lowest BCUT2D eigenvalue weighted by molar-refractivity contribution is 0.248. The van der Waals surface area contributed by atoms with Gasteiger partial charge in [0.05, 0.1) is 0 Å². The summed E-state index contributed by atoms with van der Waals surface area (Å²) in [6.07, 6.45) is 4.80. The predicted octanol–water partition coefficient (Wildman–Crippen LogP) is 2.90. The van der Waals surface area contributed by atoms with E-state index in [0.717, 1.165) is 10.2 Å². The van der Waals surface area contributed by atoms with Crippen molar-refractivity contribution in [2.75, 3.05) is 0 Å². The number of primary amides is 1. The third kappa shape index (κ3) is 2.64. The molecule has 0 bridgehead atoms. The van der Waals surface area contributed by atoms with E-state index < -0.39 is 6.03 Å². The number of carbonyl (C=O) groups excluding carboxylic acids is 1. The van der Waals surface area contributed by atoms with Gasteiger partial charge in [0.15, 0.2) is 0 Å². The maximum absolute atomic E-state index is 11.4. The molecule has 6 nitrogen and oxygen atoms in total. The molecule has 0 radical (unpaired) electrons. The summed E-state index contributed by atoms with van der Waals surface area (Å²) in [6, 6.07) is 7.46. The van der Waals surface area contributed by atoms with Gasteiger partial charge in [-0.25, -0.2) is 4.79 Å². The Balaban J connectivity index is 2.23. The number of halogens is 1. The van der Waals surface area contributed by atoms with Crippen molar-refractivity contribution in [2.24, 2.45) is 5.73 Å². The van der Waals surface area contributed by atoms with Crippen molar-refractivity contribution in [3.63, 3.8) is 0 Å². The second-order valence-electron chi connectivity index (χ2n) is 4.61. The monoisotopic (exact) mass is 314 g/mol. The fourth-order valence-electron chi connectivity index (χ4n) is 2.15. The molecular weight excluding hydrogens is 304 g/mol. The van der Waals surface area contributed by atoms with E-state index in [1.807, 2.05) is 0 Å². The van der Waals surface area contributed by atoms with Crippen LogP contribution in [-0.2, 0) is 0 Å². The average Bonchev–Trinajstić information content (AvgIpc) is 2.92. The summed E-state index contributed by atoms with van der Waals surface area (Å²) in [5.74, 6) is 0.0109. The standard InChI is InChI=1S/C15H11ClN4O2/c16-11-5-10(6-12(21)7-11)14-13(8-20(19-14)15(17)22)9-1-3-18-4-2-9/h1-8,21H,(H2,17,22). The Kier molecular flexibility index (Phi) is 3.52. The molecule has 0 atom stereocenters. The van der Waals surface area contributed by atoms with Gasteiger partial charge in [0.1, 0.15) is 11.4 Å². The number of rotatable bonds is 2. The second kappa shape index (κ2) is 5.50. The van der Waals surface area contributed by atoms with Gasteiger partial charge in [-0.05, 0) is 35.9 Å². The first kappa shape index (κ1) is 14.1. The highest BCUT2D eigenvalue weighted by molar-refractivity contribution is 6.31. The van der Waals surface area contributed by atoms with E-state index in [0.29, 0.717) is 21.8 Å². The molecule has 3 N–H and O–H groups in total. The fourth-order valence-corrected chi connectivity index (χ4v) is 2.38. The number of amides is 1. The summed E-state index contributed by atoms with van der Waals surface area (Å²) in [7, 11) is 0. The Labute approximate surface area is 130 Å². The largest absolute Gasteiger partial charge is 0.508 e. The van der Waals surface area contributed by atoms with Crippen molar-refractivity contribution >= 4 is 17.6 Å². The molecule has 0 aliphatic rings. The van der Waals surface area contributed by atoms with E-state index in [-0.39, 0.29) is 5.75 Å². The first-order valence-electron chi connectivity index (χ1n) is 6.34. The van der Waals surface area contributed by atoms with E-state index in [4.69, 9.17) is 17.3 Å². The van der Waals surface area contributed by atoms with Gasteiger partial charge in [0, 0.05) is 34.7 Å². The lowest BCUT2D eigenvalue weighted by atomic mass is 10.0. The highest BCUT2D eigenvalue weighted by Crippen LogP contribution is 2.34. The summed E-state index contributed by atoms with van der Waals surface area (Å²) in [4.78, 5) is 15.4. The van der Waals surface area contributed by atoms with Crippen LogP contribution < -0.4 is 5.73 Å². The normalized spacial score (nSPS) is 10.6. The maximum atomic E-state index is 11.4. The summed E-state index contributed by atoms with van der Waals surface area (Å²) < 4.78 is 1.04. The Morgan fingerprint density at radius 3 is 2.55 bits per heavy atom. The number of phenolic OH excluding ortho intramolecular Hbond substituents is 1. The molecule has 0 fully saturated rings. The highest BCUT2D eigenvalue weighted by Gasteiger charge is 2.16. The van der Waals surface area contributed by atoms with Gasteiger partial charge in [-0.15, -0.1) is 0 Å². The van der Waals surface area contributed by atoms with Crippen molar-refractivity contribution in [3.05, 3.63) is 53.9 Å². The lowest BCUT2D eigenvalue weighted by Crippen LogP contribution is -2.19. The van der Waals surface area contributed by atoms with Gasteiger partial charge in [-0.3, -0.25) is 4.98 Å². The van der Waals surface area contributed by atoms with Gasteiger partial charge in [-0.2, -0.15) is 9.78 Å². The molecule has 0 saturated carbocycles. The molecule has 1 aromatic carbocycles. The van der Waals surface area contributed by atoms with Gasteiger partial charge >= 0.3 is 6.03 Å². The number of phenols is 1. The van der Waals surface area contributed by atoms with Gasteiger partial charge in [-0.1, -0.05) is 11.6 Å². The van der Waals surface area contributed by atoms with Crippen molar-refractivity contribution < 1.29 is 9.90 Å². The number of nitrogens with two attached hydrogens (primary N) is 1. The molecule has 0 saturated heterocycles. The second-order valence-corrected chi connectivity index (χ2v) is 5.04. The van der Waals surface area contributed by atoms with E-state index in [2.05, 4.69) is 10.1 Å². The summed E-state index contributed by atoms with van der Waals surface area (Å²) in [5.41, 5.74) is 7.85. The van der Waals surface area contributed by atoms with Crippen molar-refractivity contribution in [3.8, 4) is 28.1 Å². The molecule has 2 heterocycles. The molecule has 110 valence electrons. The highest BCUT2D eigenvalue weighted by atomic mass is 35.5. The molecular formula is C15H11ClN4O2. The number of benzene rings is 1. The van der Waals surface area contributed by atoms with Gasteiger partial charge in [0.25, 0.3) is 0 Å². The van der Waals surface area contributed by atoms with Crippen LogP contribution in [0.25, 0.3) is 22.4 Å². The smallest absolute Gasteiger partial charge is 0.339 e. The molecule has 0 aliphatic carbocycles. The fraction of sp³-hybridized carbons (Fsp3) is 0. The Hall–Kier alpha value is -2.86. The minimum atomic E-state index is -0.701. The van der Waals surface area contributed by atoms with E-state index in [1.165, 1.54) is 18.3 Å². The van der Waals surface area contributed by atoms with Crippen LogP contribution in [0.15, 0.2) is 48.9 Å². The van der Waals surface area contributed by atoms with Crippen molar-refractivity contribution in [2.45, 2.75) is 0 Å². The summed E-state index contributed by atoms with van der Waals surface area (Å²) in [6.45, 7) is 0. The quantitative estimate of drug-likeness (QED) is 0.760. The van der Waals surface area contributed by atoms with E-state index >= 15 is 0 Å². The zero-order valence-electron chi connectivity index (χ0n) is 11.3. The first-order valence-corrected chi connectivity index (χ1v) is 6.72. The first-order chi connectivity index (χ1) is 10.5. The molecule has 3 aromatic rings. The Bertz CT molecular complexity index is 826. The molecule has 2 aromatic heterocycles. The van der Waals surface area contributed by atoms with Crippen LogP contribution in [0, 0.1) is 0 Å². The van der Waals surface area contributed by atoms with E-state index in [1.54, 1.807) is 30.6 Å². The number of carbonyl (C=O) groups is 1. The van der Waals surface area contributed by atoms with Gasteiger partial charge < -0.3 is 10.8 Å². The number of hydrogen-bond acceptors (Lipinski definition) is 4. The minimum Gasteiger partial charge on any atom is -0.508 e. The summed E-state index contributed by atoms with van der Waals surface area (Å²) >= 11 is 5.97. The number of pyridine rings is 1. The van der Waals surface area contributed by atoms with Crippen LogP contribution in [0.3, 0.4) is 0 Å². The van der Waals surface area contributed by atoms with Crippen LogP contribution in [0.1, 0.15) is 0 Å². The molecule has 1 amide bonds. The van der Waals surface area contributed by atoms with Crippen molar-refractivity contribution in [1.82, 2.24) is 14.8 Å². The van der Waals surface area contributed by atoms with Crippen LogP contribution in [0.5, 0.6) is 5.75 Å².